The maximum absolute atomic E-state index is 6.11. The van der Waals surface area contributed by atoms with E-state index in [-0.39, 0.29) is 12.6 Å². The van der Waals surface area contributed by atoms with Crippen LogP contribution in [-0.4, -0.2) is 38.0 Å². The van der Waals surface area contributed by atoms with Crippen LogP contribution in [0.1, 0.15) is 64.2 Å². The molecule has 2 aliphatic heterocycles. The van der Waals surface area contributed by atoms with E-state index in [1.54, 1.807) is 0 Å². The second-order valence-electron chi connectivity index (χ2n) is 6.28. The Bertz CT molecular complexity index is 246. The first-order valence-electron chi connectivity index (χ1n) is 8.44. The normalized spacial score (nSPS) is 39.6. The quantitative estimate of drug-likeness (QED) is 0.793. The summed E-state index contributed by atoms with van der Waals surface area (Å²) in [5.41, 5.74) is 0. The Morgan fingerprint density at radius 2 is 1.15 bits per heavy atom. The molecule has 2 heterocycles. The molecule has 1 aliphatic carbocycles. The summed E-state index contributed by atoms with van der Waals surface area (Å²) in [6.07, 6.45) is 12.1. The monoisotopic (exact) mass is 284 g/mol. The topological polar surface area (TPSA) is 36.9 Å². The zero-order valence-corrected chi connectivity index (χ0v) is 12.4. The highest BCUT2D eigenvalue weighted by molar-refractivity contribution is 4.75. The number of rotatable bonds is 4. The first kappa shape index (κ1) is 14.8. The average Bonchev–Trinajstić information content (AvgIpc) is 2.50. The fourth-order valence-corrected chi connectivity index (χ4v) is 3.42. The minimum atomic E-state index is 0.0263. The SMILES string of the molecule is C1CCC(OC2CCCC(OC3CCCCO3)C2)OC1. The summed E-state index contributed by atoms with van der Waals surface area (Å²) in [5, 5.41) is 0. The van der Waals surface area contributed by atoms with Gasteiger partial charge in [0.15, 0.2) is 12.6 Å². The summed E-state index contributed by atoms with van der Waals surface area (Å²) in [6.45, 7) is 1.71. The third kappa shape index (κ3) is 4.42. The van der Waals surface area contributed by atoms with Crippen LogP contribution in [0.2, 0.25) is 0 Å². The Labute approximate surface area is 122 Å². The summed E-state index contributed by atoms with van der Waals surface area (Å²) < 4.78 is 23.6. The Morgan fingerprint density at radius 3 is 1.60 bits per heavy atom. The average molecular weight is 284 g/mol. The first-order valence-corrected chi connectivity index (χ1v) is 8.44. The molecule has 4 heteroatoms. The lowest BCUT2D eigenvalue weighted by Gasteiger charge is -2.35. The maximum Gasteiger partial charge on any atom is 0.157 e. The summed E-state index contributed by atoms with van der Waals surface area (Å²) in [5.74, 6) is 0. The Balaban J connectivity index is 1.41. The second kappa shape index (κ2) is 7.74. The summed E-state index contributed by atoms with van der Waals surface area (Å²) in [4.78, 5) is 0. The van der Waals surface area contributed by atoms with Crippen molar-refractivity contribution in [2.45, 2.75) is 89.0 Å². The van der Waals surface area contributed by atoms with Crippen molar-refractivity contribution < 1.29 is 18.9 Å². The molecule has 4 atom stereocenters. The fourth-order valence-electron chi connectivity index (χ4n) is 3.42. The summed E-state index contributed by atoms with van der Waals surface area (Å²) in [6, 6.07) is 0. The van der Waals surface area contributed by atoms with Gasteiger partial charge < -0.3 is 18.9 Å². The van der Waals surface area contributed by atoms with Crippen molar-refractivity contribution in [2.75, 3.05) is 13.2 Å². The van der Waals surface area contributed by atoms with Gasteiger partial charge in [-0.25, -0.2) is 0 Å². The molecule has 3 fully saturated rings. The summed E-state index contributed by atoms with van der Waals surface area (Å²) in [7, 11) is 0. The second-order valence-corrected chi connectivity index (χ2v) is 6.28. The van der Waals surface area contributed by atoms with Gasteiger partial charge in [-0.1, -0.05) is 0 Å². The predicted molar refractivity (Wildman–Crippen MR) is 75.4 cm³/mol. The minimum absolute atomic E-state index is 0.0263. The van der Waals surface area contributed by atoms with Gasteiger partial charge in [-0.3, -0.25) is 0 Å². The van der Waals surface area contributed by atoms with E-state index in [1.165, 1.54) is 32.1 Å². The maximum atomic E-state index is 6.11. The molecule has 20 heavy (non-hydrogen) atoms. The van der Waals surface area contributed by atoms with Crippen molar-refractivity contribution in [3.63, 3.8) is 0 Å². The number of hydrogen-bond donors (Lipinski definition) is 0. The highest BCUT2D eigenvalue weighted by atomic mass is 16.7. The van der Waals surface area contributed by atoms with E-state index in [1.807, 2.05) is 0 Å². The van der Waals surface area contributed by atoms with Crippen LogP contribution in [0, 0.1) is 0 Å². The predicted octanol–water partition coefficient (Wildman–Crippen LogP) is 3.38. The van der Waals surface area contributed by atoms with Gasteiger partial charge >= 0.3 is 0 Å². The molecule has 4 nitrogen and oxygen atoms in total. The van der Waals surface area contributed by atoms with E-state index in [4.69, 9.17) is 18.9 Å². The van der Waals surface area contributed by atoms with Gasteiger partial charge in [-0.15, -0.1) is 0 Å². The zero-order valence-electron chi connectivity index (χ0n) is 12.4. The van der Waals surface area contributed by atoms with Gasteiger partial charge in [-0.05, 0) is 64.2 Å². The molecule has 0 amide bonds. The summed E-state index contributed by atoms with van der Waals surface area (Å²) >= 11 is 0. The molecular formula is C16H28O4. The van der Waals surface area contributed by atoms with E-state index in [0.29, 0.717) is 12.2 Å². The lowest BCUT2D eigenvalue weighted by molar-refractivity contribution is -0.223. The molecule has 116 valence electrons. The molecule has 4 unspecified atom stereocenters. The van der Waals surface area contributed by atoms with Crippen molar-refractivity contribution in [1.82, 2.24) is 0 Å². The van der Waals surface area contributed by atoms with Crippen molar-refractivity contribution in [3.8, 4) is 0 Å². The van der Waals surface area contributed by atoms with Gasteiger partial charge in [-0.2, -0.15) is 0 Å². The van der Waals surface area contributed by atoms with E-state index >= 15 is 0 Å². The zero-order chi connectivity index (χ0) is 13.6. The van der Waals surface area contributed by atoms with E-state index < -0.39 is 0 Å². The Kier molecular flexibility index (Phi) is 5.71. The molecule has 0 bridgehead atoms. The standard InChI is InChI=1S/C16H28O4/c1-3-10-17-15(8-1)19-13-6-5-7-14(12-13)20-16-9-2-4-11-18-16/h13-16H,1-12H2. The molecule has 0 spiro atoms. The van der Waals surface area contributed by atoms with Crippen LogP contribution in [0.5, 0.6) is 0 Å². The Hall–Kier alpha value is -0.160. The smallest absolute Gasteiger partial charge is 0.157 e. The van der Waals surface area contributed by atoms with Crippen molar-refractivity contribution in [2.24, 2.45) is 0 Å². The third-order valence-electron chi connectivity index (χ3n) is 4.54. The molecule has 1 saturated carbocycles. The third-order valence-corrected chi connectivity index (χ3v) is 4.54. The van der Waals surface area contributed by atoms with E-state index in [0.717, 1.165) is 45.3 Å². The van der Waals surface area contributed by atoms with E-state index in [9.17, 15) is 0 Å². The van der Waals surface area contributed by atoms with Gasteiger partial charge in [0.25, 0.3) is 0 Å². The fraction of sp³-hybridized carbons (Fsp3) is 1.00. The number of hydrogen-bond acceptors (Lipinski definition) is 4. The van der Waals surface area contributed by atoms with Crippen LogP contribution in [-0.2, 0) is 18.9 Å². The lowest BCUT2D eigenvalue weighted by atomic mass is 9.94. The molecule has 3 rings (SSSR count). The van der Waals surface area contributed by atoms with Crippen LogP contribution in [0.15, 0.2) is 0 Å². The van der Waals surface area contributed by atoms with Crippen molar-refractivity contribution in [1.29, 1.82) is 0 Å². The lowest BCUT2D eigenvalue weighted by Crippen LogP contribution is -2.36. The molecule has 2 saturated heterocycles. The van der Waals surface area contributed by atoms with Crippen LogP contribution < -0.4 is 0 Å². The molecule has 3 aliphatic rings. The van der Waals surface area contributed by atoms with Crippen LogP contribution in [0.4, 0.5) is 0 Å². The first-order chi connectivity index (χ1) is 9.90. The van der Waals surface area contributed by atoms with Gasteiger partial charge in [0, 0.05) is 13.2 Å². The van der Waals surface area contributed by atoms with Gasteiger partial charge in [0.2, 0.25) is 0 Å². The minimum Gasteiger partial charge on any atom is -0.353 e. The molecule has 0 N–H and O–H groups in total. The molecule has 0 aromatic rings. The van der Waals surface area contributed by atoms with Gasteiger partial charge in [0.05, 0.1) is 12.2 Å². The Morgan fingerprint density at radius 1 is 0.600 bits per heavy atom. The van der Waals surface area contributed by atoms with Gasteiger partial charge in [0.1, 0.15) is 0 Å². The number of ether oxygens (including phenoxy) is 4. The molecule has 0 aromatic carbocycles. The van der Waals surface area contributed by atoms with Crippen molar-refractivity contribution in [3.05, 3.63) is 0 Å². The van der Waals surface area contributed by atoms with E-state index in [2.05, 4.69) is 0 Å². The molecular weight excluding hydrogens is 256 g/mol. The van der Waals surface area contributed by atoms with Crippen LogP contribution in [0.3, 0.4) is 0 Å². The van der Waals surface area contributed by atoms with Crippen molar-refractivity contribution >= 4 is 0 Å². The molecule has 0 radical (unpaired) electrons. The van der Waals surface area contributed by atoms with Crippen LogP contribution in [0.25, 0.3) is 0 Å². The largest absolute Gasteiger partial charge is 0.353 e. The van der Waals surface area contributed by atoms with Crippen LogP contribution >= 0.6 is 0 Å². The highest BCUT2D eigenvalue weighted by Crippen LogP contribution is 2.28. The molecule has 0 aromatic heterocycles. The highest BCUT2D eigenvalue weighted by Gasteiger charge is 2.29.